The zero-order valence-electron chi connectivity index (χ0n) is 22.3. The van der Waals surface area contributed by atoms with E-state index in [1.54, 1.807) is 12.1 Å². The van der Waals surface area contributed by atoms with Crippen LogP contribution in [0, 0.1) is 5.82 Å². The van der Waals surface area contributed by atoms with Crippen molar-refractivity contribution in [1.29, 1.82) is 0 Å². The van der Waals surface area contributed by atoms with E-state index in [1.165, 1.54) is 12.1 Å². The van der Waals surface area contributed by atoms with E-state index in [-0.39, 0.29) is 17.8 Å². The molecule has 0 atom stereocenters. The highest BCUT2D eigenvalue weighted by molar-refractivity contribution is 6.30. The number of halogens is 2. The molecule has 2 saturated heterocycles. The Bertz CT molecular complexity index is 1120. The van der Waals surface area contributed by atoms with Crippen molar-refractivity contribution in [3.63, 3.8) is 0 Å². The number of piperidine rings is 1. The van der Waals surface area contributed by atoms with Crippen LogP contribution < -0.4 is 4.74 Å². The molecular weight excluding hydrogens is 547 g/mol. The Balaban J connectivity index is 0.000000663. The van der Waals surface area contributed by atoms with Gasteiger partial charge in [0, 0.05) is 42.9 Å². The summed E-state index contributed by atoms with van der Waals surface area (Å²) < 4.78 is 31.2. The van der Waals surface area contributed by atoms with Crippen LogP contribution in [0.1, 0.15) is 31.2 Å². The predicted molar refractivity (Wildman–Crippen MR) is 144 cm³/mol. The largest absolute Gasteiger partial charge is 0.490 e. The van der Waals surface area contributed by atoms with Crippen molar-refractivity contribution in [1.82, 2.24) is 9.80 Å². The minimum absolute atomic E-state index is 0.0920. The fourth-order valence-corrected chi connectivity index (χ4v) is 4.74. The van der Waals surface area contributed by atoms with Gasteiger partial charge in [-0.2, -0.15) is 0 Å². The van der Waals surface area contributed by atoms with E-state index in [0.717, 1.165) is 37.1 Å². The number of carboxylic acids is 2. The number of likely N-dealkylation sites (tertiary alicyclic amines) is 1. The monoisotopic (exact) mass is 580 g/mol. The number of hydrogen-bond donors (Lipinski definition) is 2. The summed E-state index contributed by atoms with van der Waals surface area (Å²) in [7, 11) is 1.95. The minimum Gasteiger partial charge on any atom is -0.490 e. The van der Waals surface area contributed by atoms with Gasteiger partial charge in [-0.25, -0.2) is 14.0 Å². The quantitative estimate of drug-likeness (QED) is 0.428. The highest BCUT2D eigenvalue weighted by atomic mass is 35.5. The van der Waals surface area contributed by atoms with Crippen molar-refractivity contribution >= 4 is 29.4 Å². The maximum atomic E-state index is 13.3. The third kappa shape index (κ3) is 9.44. The van der Waals surface area contributed by atoms with Crippen LogP contribution in [0.4, 0.5) is 4.39 Å². The maximum absolute atomic E-state index is 13.3. The Morgan fingerprint density at radius 1 is 1.07 bits per heavy atom. The first kappa shape index (κ1) is 31.3. The van der Waals surface area contributed by atoms with Crippen LogP contribution in [0.2, 0.25) is 5.02 Å². The van der Waals surface area contributed by atoms with Gasteiger partial charge < -0.3 is 29.3 Å². The lowest BCUT2D eigenvalue weighted by molar-refractivity contribution is -0.172. The second-order valence-corrected chi connectivity index (χ2v) is 10.0. The summed E-state index contributed by atoms with van der Waals surface area (Å²) in [6.45, 7) is 3.51. The number of ether oxygens (including phenoxy) is 3. The van der Waals surface area contributed by atoms with Crippen LogP contribution in [0.3, 0.4) is 0 Å². The lowest BCUT2D eigenvalue weighted by atomic mass is 10.0. The second kappa shape index (κ2) is 14.9. The third-order valence-electron chi connectivity index (χ3n) is 6.57. The van der Waals surface area contributed by atoms with Crippen molar-refractivity contribution in [3.8, 4) is 5.75 Å². The van der Waals surface area contributed by atoms with Crippen molar-refractivity contribution in [3.05, 3.63) is 64.9 Å². The molecule has 2 heterocycles. The fourth-order valence-electron chi connectivity index (χ4n) is 4.56. The number of carbonyl (C=O) groups excluding carboxylic acids is 1. The number of aliphatic carboxylic acids is 2. The molecule has 0 unspecified atom stereocenters. The van der Waals surface area contributed by atoms with Crippen LogP contribution in [0.25, 0.3) is 0 Å². The molecule has 0 spiro atoms. The Morgan fingerprint density at radius 2 is 1.70 bits per heavy atom. The molecule has 0 aromatic heterocycles. The van der Waals surface area contributed by atoms with Gasteiger partial charge >= 0.3 is 11.9 Å². The summed E-state index contributed by atoms with van der Waals surface area (Å²) in [6, 6.07) is 13.7. The number of amides is 1. The van der Waals surface area contributed by atoms with E-state index in [2.05, 4.69) is 0 Å². The Kier molecular flexibility index (Phi) is 11.7. The van der Waals surface area contributed by atoms with E-state index in [4.69, 9.17) is 45.6 Å². The number of benzene rings is 2. The highest BCUT2D eigenvalue weighted by Gasteiger charge is 2.38. The Labute approximate surface area is 237 Å². The average molecular weight is 581 g/mol. The van der Waals surface area contributed by atoms with Gasteiger partial charge in [-0.05, 0) is 50.3 Å². The highest BCUT2D eigenvalue weighted by Crippen LogP contribution is 2.36. The fraction of sp³-hybridized carbons (Fsp3) is 0.464. The van der Waals surface area contributed by atoms with Gasteiger partial charge in [0.15, 0.2) is 5.79 Å². The van der Waals surface area contributed by atoms with Gasteiger partial charge in [0.05, 0.1) is 19.8 Å². The van der Waals surface area contributed by atoms with Crippen LogP contribution >= 0.6 is 11.6 Å². The smallest absolute Gasteiger partial charge is 0.414 e. The Hall–Kier alpha value is -3.25. The van der Waals surface area contributed by atoms with E-state index < -0.39 is 17.7 Å². The summed E-state index contributed by atoms with van der Waals surface area (Å²) in [6.07, 6.45) is 3.13. The molecule has 2 aliphatic rings. The van der Waals surface area contributed by atoms with Crippen LogP contribution in [-0.4, -0.2) is 90.4 Å². The molecule has 2 aromatic carbocycles. The summed E-state index contributed by atoms with van der Waals surface area (Å²) in [5, 5.41) is 15.4. The molecule has 218 valence electrons. The van der Waals surface area contributed by atoms with Crippen molar-refractivity contribution in [2.24, 2.45) is 0 Å². The normalized spacial score (nSPS) is 16.8. The van der Waals surface area contributed by atoms with Crippen molar-refractivity contribution in [2.45, 2.75) is 37.6 Å². The van der Waals surface area contributed by atoms with E-state index in [9.17, 15) is 9.18 Å². The summed E-state index contributed by atoms with van der Waals surface area (Å²) in [5.41, 5.74) is 0.827. The number of likely N-dealkylation sites (N-methyl/N-ethyl adjacent to an activating group) is 1. The van der Waals surface area contributed by atoms with Gasteiger partial charge in [0.25, 0.3) is 0 Å². The Morgan fingerprint density at radius 3 is 2.27 bits per heavy atom. The summed E-state index contributed by atoms with van der Waals surface area (Å²) >= 11 is 6.03. The molecule has 2 aromatic rings. The predicted octanol–water partition coefficient (Wildman–Crippen LogP) is 3.62. The molecule has 12 heteroatoms. The van der Waals surface area contributed by atoms with Crippen molar-refractivity contribution in [2.75, 3.05) is 46.4 Å². The third-order valence-corrected chi connectivity index (χ3v) is 6.80. The van der Waals surface area contributed by atoms with Crippen LogP contribution in [0.15, 0.2) is 48.5 Å². The zero-order chi connectivity index (χ0) is 29.1. The van der Waals surface area contributed by atoms with Gasteiger partial charge in [0.1, 0.15) is 17.7 Å². The standard InChI is InChI=1S/C26H32ClFN2O4.C2H2O4/c1-29(13-3-12-26(32-16-17-33-26)20-6-8-22(28)9-7-20)19-25(31)30-14-10-23(11-15-30)34-24-5-2-4-21(27)18-24;3-1(4)2(5)6/h2,4-9,18,23H,3,10-17,19H2,1H3;(H,3,4)(H,5,6). The number of carboxylic acid groups (broad SMARTS) is 2. The molecule has 0 bridgehead atoms. The molecule has 1 amide bonds. The molecule has 4 rings (SSSR count). The number of hydrogen-bond acceptors (Lipinski definition) is 7. The summed E-state index contributed by atoms with van der Waals surface area (Å²) in [4.78, 5) is 34.9. The number of rotatable bonds is 9. The molecule has 10 nitrogen and oxygen atoms in total. The molecule has 2 aliphatic heterocycles. The van der Waals surface area contributed by atoms with Crippen LogP contribution in [-0.2, 0) is 29.6 Å². The first-order chi connectivity index (χ1) is 19.1. The van der Waals surface area contributed by atoms with Gasteiger partial charge in [-0.1, -0.05) is 29.8 Å². The summed E-state index contributed by atoms with van der Waals surface area (Å²) in [5.74, 6) is -3.86. The number of carbonyl (C=O) groups is 3. The molecule has 2 N–H and O–H groups in total. The maximum Gasteiger partial charge on any atom is 0.414 e. The van der Waals surface area contributed by atoms with Gasteiger partial charge in [-0.15, -0.1) is 0 Å². The van der Waals surface area contributed by atoms with E-state index in [0.29, 0.717) is 44.3 Å². The molecule has 0 aliphatic carbocycles. The molecule has 2 fully saturated rings. The zero-order valence-corrected chi connectivity index (χ0v) is 23.0. The topological polar surface area (TPSA) is 126 Å². The van der Waals surface area contributed by atoms with Gasteiger partial charge in [0.2, 0.25) is 5.91 Å². The molecule has 0 radical (unpaired) electrons. The lowest BCUT2D eigenvalue weighted by Gasteiger charge is -2.33. The average Bonchev–Trinajstić information content (AvgIpc) is 3.39. The van der Waals surface area contributed by atoms with Crippen LogP contribution in [0.5, 0.6) is 5.75 Å². The molecule has 40 heavy (non-hydrogen) atoms. The van der Waals surface area contributed by atoms with Crippen molar-refractivity contribution < 1.29 is 43.2 Å². The second-order valence-electron chi connectivity index (χ2n) is 9.56. The lowest BCUT2D eigenvalue weighted by Crippen LogP contribution is -2.45. The van der Waals surface area contributed by atoms with E-state index in [1.807, 2.05) is 41.1 Å². The van der Waals surface area contributed by atoms with E-state index >= 15 is 0 Å². The molecule has 0 saturated carbocycles. The molecular formula is C28H34ClFN2O8. The number of nitrogens with zero attached hydrogens (tertiary/aromatic N) is 2. The first-order valence-electron chi connectivity index (χ1n) is 13.0. The minimum atomic E-state index is -1.82. The van der Waals surface area contributed by atoms with Gasteiger partial charge in [-0.3, -0.25) is 9.69 Å². The SMILES string of the molecule is CN(CCCC1(c2ccc(F)cc2)OCCO1)CC(=O)N1CCC(Oc2cccc(Cl)c2)CC1.O=C(O)C(=O)O. The first-order valence-corrected chi connectivity index (χ1v) is 13.3.